The minimum Gasteiger partial charge on any atom is -0.480 e. The molecular weight excluding hydrogens is 374 g/mol. The second kappa shape index (κ2) is 11.5. The Morgan fingerprint density at radius 3 is 2.45 bits per heavy atom. The van der Waals surface area contributed by atoms with Crippen molar-refractivity contribution in [1.29, 1.82) is 0 Å². The molecule has 1 amide bonds. The molecule has 160 valence electrons. The SMILES string of the molecule is NCCCC[C@H](N[C@H](CCc1ccccc1)C(=O)O)C(=O)N1CCC[C@@H]1C(=O)O. The smallest absolute Gasteiger partial charge is 0.326 e. The number of unbranched alkanes of at least 4 members (excludes halogenated alkanes) is 1. The van der Waals surface area contributed by atoms with Gasteiger partial charge in [0, 0.05) is 6.54 Å². The van der Waals surface area contributed by atoms with Crippen LogP contribution in [0.15, 0.2) is 30.3 Å². The van der Waals surface area contributed by atoms with Crippen LogP contribution in [-0.2, 0) is 20.8 Å². The highest BCUT2D eigenvalue weighted by atomic mass is 16.4. The first-order valence-electron chi connectivity index (χ1n) is 10.2. The first kappa shape index (κ1) is 22.8. The Morgan fingerprint density at radius 1 is 1.10 bits per heavy atom. The van der Waals surface area contributed by atoms with Crippen molar-refractivity contribution in [2.75, 3.05) is 13.1 Å². The number of hydrogen-bond donors (Lipinski definition) is 4. The maximum Gasteiger partial charge on any atom is 0.326 e. The highest BCUT2D eigenvalue weighted by Crippen LogP contribution is 2.20. The van der Waals surface area contributed by atoms with Crippen LogP contribution >= 0.6 is 0 Å². The molecule has 3 atom stereocenters. The molecule has 1 aliphatic heterocycles. The van der Waals surface area contributed by atoms with Crippen LogP contribution in [-0.4, -0.2) is 64.2 Å². The Labute approximate surface area is 171 Å². The zero-order chi connectivity index (χ0) is 21.2. The second-order valence-corrected chi connectivity index (χ2v) is 7.45. The van der Waals surface area contributed by atoms with E-state index in [4.69, 9.17) is 5.73 Å². The highest BCUT2D eigenvalue weighted by molar-refractivity contribution is 5.88. The molecule has 1 aliphatic rings. The summed E-state index contributed by atoms with van der Waals surface area (Å²) in [6, 6.07) is 7.10. The average Bonchev–Trinajstić information content (AvgIpc) is 3.20. The van der Waals surface area contributed by atoms with Gasteiger partial charge in [-0.05, 0) is 50.6 Å². The van der Waals surface area contributed by atoms with E-state index >= 15 is 0 Å². The fraction of sp³-hybridized carbons (Fsp3) is 0.571. The third-order valence-corrected chi connectivity index (χ3v) is 5.33. The molecule has 0 saturated carbocycles. The number of amides is 1. The van der Waals surface area contributed by atoms with Gasteiger partial charge < -0.3 is 20.8 Å². The van der Waals surface area contributed by atoms with Crippen molar-refractivity contribution in [2.24, 2.45) is 5.73 Å². The van der Waals surface area contributed by atoms with E-state index in [1.54, 1.807) is 0 Å². The number of aryl methyl sites for hydroxylation is 1. The van der Waals surface area contributed by atoms with Crippen LogP contribution in [0.25, 0.3) is 0 Å². The molecule has 2 rings (SSSR count). The Bertz CT molecular complexity index is 682. The predicted octanol–water partition coefficient (Wildman–Crippen LogP) is 1.24. The molecule has 1 heterocycles. The minimum atomic E-state index is -1.02. The van der Waals surface area contributed by atoms with Crippen molar-refractivity contribution in [1.82, 2.24) is 10.2 Å². The van der Waals surface area contributed by atoms with Gasteiger partial charge in [0.15, 0.2) is 0 Å². The van der Waals surface area contributed by atoms with Crippen LogP contribution in [0.5, 0.6) is 0 Å². The number of nitrogens with zero attached hydrogens (tertiary/aromatic N) is 1. The number of benzene rings is 1. The Morgan fingerprint density at radius 2 is 1.83 bits per heavy atom. The predicted molar refractivity (Wildman–Crippen MR) is 108 cm³/mol. The molecule has 29 heavy (non-hydrogen) atoms. The topological polar surface area (TPSA) is 133 Å². The Hall–Kier alpha value is -2.45. The van der Waals surface area contributed by atoms with E-state index < -0.39 is 30.1 Å². The summed E-state index contributed by atoms with van der Waals surface area (Å²) in [6.07, 6.45) is 3.76. The summed E-state index contributed by atoms with van der Waals surface area (Å²) < 4.78 is 0. The van der Waals surface area contributed by atoms with Crippen molar-refractivity contribution in [3.8, 4) is 0 Å². The van der Waals surface area contributed by atoms with E-state index in [9.17, 15) is 24.6 Å². The zero-order valence-electron chi connectivity index (χ0n) is 16.6. The van der Waals surface area contributed by atoms with Crippen molar-refractivity contribution in [2.45, 2.75) is 63.1 Å². The number of carbonyl (C=O) groups excluding carboxylic acids is 1. The maximum atomic E-state index is 13.1. The molecular formula is C21H31N3O5. The molecule has 0 aromatic heterocycles. The van der Waals surface area contributed by atoms with Crippen LogP contribution in [0.3, 0.4) is 0 Å². The summed E-state index contributed by atoms with van der Waals surface area (Å²) in [4.78, 5) is 37.7. The normalized spacial score (nSPS) is 18.4. The van der Waals surface area contributed by atoms with E-state index in [0.717, 1.165) is 12.0 Å². The summed E-state index contributed by atoms with van der Waals surface area (Å²) in [5.74, 6) is -2.37. The number of likely N-dealkylation sites (tertiary alicyclic amines) is 1. The van der Waals surface area contributed by atoms with Crippen molar-refractivity contribution in [3.63, 3.8) is 0 Å². The molecule has 1 saturated heterocycles. The van der Waals surface area contributed by atoms with Gasteiger partial charge in [-0.3, -0.25) is 14.9 Å². The number of carbonyl (C=O) groups is 3. The lowest BCUT2D eigenvalue weighted by atomic mass is 10.0. The van der Waals surface area contributed by atoms with Gasteiger partial charge in [-0.1, -0.05) is 36.8 Å². The summed E-state index contributed by atoms with van der Waals surface area (Å²) in [6.45, 7) is 0.866. The van der Waals surface area contributed by atoms with Gasteiger partial charge in [0.05, 0.1) is 6.04 Å². The molecule has 8 heteroatoms. The average molecular weight is 405 g/mol. The standard InChI is InChI=1S/C21H31N3O5/c22-13-5-4-9-16(19(25)24-14-6-10-18(24)21(28)29)23-17(20(26)27)12-11-15-7-2-1-3-8-15/h1-3,7-8,16-18,23H,4-6,9-14,22H2,(H,26,27)(H,28,29)/t16-,17+,18+/m0/s1. The first-order chi connectivity index (χ1) is 13.9. The van der Waals surface area contributed by atoms with Gasteiger partial charge in [0.1, 0.15) is 12.1 Å². The third-order valence-electron chi connectivity index (χ3n) is 5.33. The van der Waals surface area contributed by atoms with Gasteiger partial charge in [0.2, 0.25) is 5.91 Å². The van der Waals surface area contributed by atoms with E-state index in [1.807, 2.05) is 30.3 Å². The van der Waals surface area contributed by atoms with Gasteiger partial charge in [-0.25, -0.2) is 4.79 Å². The summed E-state index contributed by atoms with van der Waals surface area (Å²) in [5, 5.41) is 22.0. The molecule has 5 N–H and O–H groups in total. The van der Waals surface area contributed by atoms with Gasteiger partial charge in [-0.15, -0.1) is 0 Å². The quantitative estimate of drug-likeness (QED) is 0.384. The molecule has 0 aliphatic carbocycles. The Kier molecular flexibility index (Phi) is 9.08. The number of rotatable bonds is 12. The highest BCUT2D eigenvalue weighted by Gasteiger charge is 2.38. The second-order valence-electron chi connectivity index (χ2n) is 7.45. The third kappa shape index (κ3) is 6.83. The van der Waals surface area contributed by atoms with E-state index in [0.29, 0.717) is 51.6 Å². The lowest BCUT2D eigenvalue weighted by molar-refractivity contribution is -0.149. The molecule has 0 radical (unpaired) electrons. The lowest BCUT2D eigenvalue weighted by Gasteiger charge is -2.29. The van der Waals surface area contributed by atoms with Crippen LogP contribution in [0.4, 0.5) is 0 Å². The van der Waals surface area contributed by atoms with Crippen molar-refractivity contribution in [3.05, 3.63) is 35.9 Å². The number of carboxylic acid groups (broad SMARTS) is 2. The van der Waals surface area contributed by atoms with Gasteiger partial charge in [0.25, 0.3) is 0 Å². The number of nitrogens with one attached hydrogen (secondary N) is 1. The van der Waals surface area contributed by atoms with Crippen LogP contribution in [0, 0.1) is 0 Å². The number of hydrogen-bond acceptors (Lipinski definition) is 5. The zero-order valence-corrected chi connectivity index (χ0v) is 16.6. The molecule has 0 bridgehead atoms. The lowest BCUT2D eigenvalue weighted by Crippen LogP contribution is -2.54. The van der Waals surface area contributed by atoms with Crippen LogP contribution in [0.1, 0.15) is 44.1 Å². The number of nitrogens with two attached hydrogens (primary N) is 1. The molecule has 1 fully saturated rings. The molecule has 1 aromatic rings. The summed E-state index contributed by atoms with van der Waals surface area (Å²) >= 11 is 0. The monoisotopic (exact) mass is 405 g/mol. The summed E-state index contributed by atoms with van der Waals surface area (Å²) in [5.41, 5.74) is 6.57. The van der Waals surface area contributed by atoms with Crippen LogP contribution in [0.2, 0.25) is 0 Å². The molecule has 0 spiro atoms. The fourth-order valence-electron chi connectivity index (χ4n) is 3.73. The largest absolute Gasteiger partial charge is 0.480 e. The minimum absolute atomic E-state index is 0.335. The summed E-state index contributed by atoms with van der Waals surface area (Å²) in [7, 11) is 0. The molecule has 1 aromatic carbocycles. The van der Waals surface area contributed by atoms with E-state index in [2.05, 4.69) is 5.32 Å². The number of aliphatic carboxylic acids is 2. The fourth-order valence-corrected chi connectivity index (χ4v) is 3.73. The first-order valence-corrected chi connectivity index (χ1v) is 10.2. The van der Waals surface area contributed by atoms with Gasteiger partial charge >= 0.3 is 11.9 Å². The van der Waals surface area contributed by atoms with E-state index in [1.165, 1.54) is 4.90 Å². The van der Waals surface area contributed by atoms with Crippen molar-refractivity contribution >= 4 is 17.8 Å². The van der Waals surface area contributed by atoms with Crippen LogP contribution < -0.4 is 11.1 Å². The molecule has 0 unspecified atom stereocenters. The van der Waals surface area contributed by atoms with E-state index in [-0.39, 0.29) is 5.91 Å². The van der Waals surface area contributed by atoms with Gasteiger partial charge in [-0.2, -0.15) is 0 Å². The van der Waals surface area contributed by atoms with Crippen molar-refractivity contribution < 1.29 is 24.6 Å². The molecule has 8 nitrogen and oxygen atoms in total. The maximum absolute atomic E-state index is 13.1. The number of carboxylic acids is 2. The Balaban J connectivity index is 2.08.